The van der Waals surface area contributed by atoms with Gasteiger partial charge in [-0.25, -0.2) is 4.79 Å². The molecule has 13 heteroatoms. The molecule has 8 N–H and O–H groups in total. The molecule has 2 aliphatic rings. The fourth-order valence-electron chi connectivity index (χ4n) is 4.24. The SMILES string of the molecule is Nc1ccc(C(=O)OC[C@@]2(O)CO[C@@H](O[C@H]3[C@H](Oc4ccc(CCO)cc4)O[C@H](CO)[C@@H](O)[C@@H]3O)[C@@H]2O)cc1. The highest BCUT2D eigenvalue weighted by molar-refractivity contribution is 5.89. The molecule has 2 aliphatic heterocycles. The van der Waals surface area contributed by atoms with Crippen molar-refractivity contribution in [1.82, 2.24) is 0 Å². The molecule has 0 radical (unpaired) electrons. The normalized spacial score (nSPS) is 32.6. The number of hydrogen-bond donors (Lipinski definition) is 7. The predicted octanol–water partition coefficient (Wildman–Crippen LogP) is -1.69. The molecule has 2 aromatic carbocycles. The molecule has 8 atom stereocenters. The average Bonchev–Trinajstić information content (AvgIpc) is 3.21. The summed E-state index contributed by atoms with van der Waals surface area (Å²) in [4.78, 5) is 12.3. The Kier molecular flexibility index (Phi) is 9.38. The Morgan fingerprint density at radius 2 is 1.69 bits per heavy atom. The summed E-state index contributed by atoms with van der Waals surface area (Å²) >= 11 is 0. The van der Waals surface area contributed by atoms with Crippen molar-refractivity contribution in [2.24, 2.45) is 0 Å². The first kappa shape index (κ1) is 29.1. The summed E-state index contributed by atoms with van der Waals surface area (Å²) in [5.74, 6) is -0.456. The third-order valence-electron chi connectivity index (χ3n) is 6.60. The predicted molar refractivity (Wildman–Crippen MR) is 132 cm³/mol. The number of carbonyl (C=O) groups is 1. The maximum Gasteiger partial charge on any atom is 0.338 e. The van der Waals surface area contributed by atoms with Crippen LogP contribution in [-0.4, -0.2) is 112 Å². The smallest absolute Gasteiger partial charge is 0.338 e. The first-order valence-electron chi connectivity index (χ1n) is 12.3. The summed E-state index contributed by atoms with van der Waals surface area (Å²) in [5, 5.41) is 61.5. The second-order valence-corrected chi connectivity index (χ2v) is 9.47. The van der Waals surface area contributed by atoms with Gasteiger partial charge >= 0.3 is 5.97 Å². The molecule has 214 valence electrons. The molecule has 0 unspecified atom stereocenters. The van der Waals surface area contributed by atoms with Gasteiger partial charge in [-0.3, -0.25) is 0 Å². The standard InChI is InChI=1S/C26H33NO12/c27-16-5-3-15(4-6-16)23(33)35-12-26(34)13-36-25(22(26)32)39-21-20(31)19(30)18(11-29)38-24(21)37-17-7-1-14(2-8-17)9-10-28/h1-8,18-22,24-25,28-32,34H,9-13,27H2/t18-,19-,20+,21-,22+,24-,25+,26-/m1/s1. The van der Waals surface area contributed by atoms with Crippen LogP contribution in [0, 0.1) is 0 Å². The molecule has 4 rings (SSSR count). The van der Waals surface area contributed by atoms with E-state index in [1.54, 1.807) is 24.3 Å². The Bertz CT molecular complexity index is 1080. The van der Waals surface area contributed by atoms with Crippen LogP contribution >= 0.6 is 0 Å². The van der Waals surface area contributed by atoms with E-state index in [1.165, 1.54) is 24.3 Å². The second kappa shape index (κ2) is 12.6. The fraction of sp³-hybridized carbons (Fsp3) is 0.500. The lowest BCUT2D eigenvalue weighted by molar-refractivity contribution is -0.318. The van der Waals surface area contributed by atoms with Crippen molar-refractivity contribution in [1.29, 1.82) is 0 Å². The molecule has 2 heterocycles. The number of aliphatic hydroxyl groups excluding tert-OH is 5. The third-order valence-corrected chi connectivity index (χ3v) is 6.60. The van der Waals surface area contributed by atoms with Gasteiger partial charge in [-0.2, -0.15) is 0 Å². The molecule has 0 spiro atoms. The maximum atomic E-state index is 12.3. The molecule has 39 heavy (non-hydrogen) atoms. The first-order valence-corrected chi connectivity index (χ1v) is 12.3. The lowest BCUT2D eigenvalue weighted by atomic mass is 9.98. The molecule has 0 saturated carbocycles. The molecule has 2 saturated heterocycles. The van der Waals surface area contributed by atoms with Gasteiger partial charge in [0, 0.05) is 12.3 Å². The van der Waals surface area contributed by atoms with Gasteiger partial charge in [0.25, 0.3) is 0 Å². The summed E-state index contributed by atoms with van der Waals surface area (Å²) < 4.78 is 27.7. The Hall–Kier alpha value is -2.85. The molecule has 0 aliphatic carbocycles. The van der Waals surface area contributed by atoms with Crippen LogP contribution in [0.15, 0.2) is 48.5 Å². The molecular formula is C26H33NO12. The van der Waals surface area contributed by atoms with Crippen LogP contribution in [0.25, 0.3) is 0 Å². The molecule has 0 bridgehead atoms. The van der Waals surface area contributed by atoms with Gasteiger partial charge in [0.2, 0.25) is 6.29 Å². The quantitative estimate of drug-likeness (QED) is 0.130. The minimum absolute atomic E-state index is 0.0270. The highest BCUT2D eigenvalue weighted by Crippen LogP contribution is 2.32. The lowest BCUT2D eigenvalue weighted by Crippen LogP contribution is -2.62. The van der Waals surface area contributed by atoms with Crippen molar-refractivity contribution in [2.75, 3.05) is 32.2 Å². The van der Waals surface area contributed by atoms with Crippen LogP contribution in [0.2, 0.25) is 0 Å². The van der Waals surface area contributed by atoms with Crippen LogP contribution in [0.5, 0.6) is 5.75 Å². The van der Waals surface area contributed by atoms with E-state index < -0.39 is 74.5 Å². The van der Waals surface area contributed by atoms with Crippen molar-refractivity contribution >= 4 is 11.7 Å². The van der Waals surface area contributed by atoms with Crippen molar-refractivity contribution in [3.05, 3.63) is 59.7 Å². The van der Waals surface area contributed by atoms with Gasteiger partial charge in [0.05, 0.1) is 18.8 Å². The van der Waals surface area contributed by atoms with E-state index >= 15 is 0 Å². The Balaban J connectivity index is 1.43. The van der Waals surface area contributed by atoms with E-state index in [-0.39, 0.29) is 12.2 Å². The van der Waals surface area contributed by atoms with Crippen LogP contribution in [0.1, 0.15) is 15.9 Å². The van der Waals surface area contributed by atoms with E-state index in [4.69, 9.17) is 34.5 Å². The number of nitrogens with two attached hydrogens (primary N) is 1. The first-order chi connectivity index (χ1) is 18.6. The van der Waals surface area contributed by atoms with Gasteiger partial charge in [0.1, 0.15) is 36.8 Å². The number of benzene rings is 2. The zero-order chi connectivity index (χ0) is 28.2. The lowest BCUT2D eigenvalue weighted by Gasteiger charge is -2.42. The molecule has 0 aromatic heterocycles. The van der Waals surface area contributed by atoms with Gasteiger partial charge in [0.15, 0.2) is 18.0 Å². The van der Waals surface area contributed by atoms with Crippen LogP contribution in [-0.2, 0) is 25.4 Å². The zero-order valence-electron chi connectivity index (χ0n) is 20.9. The largest absolute Gasteiger partial charge is 0.462 e. The van der Waals surface area contributed by atoms with Gasteiger partial charge in [-0.1, -0.05) is 12.1 Å². The molecule has 2 fully saturated rings. The highest BCUT2D eigenvalue weighted by atomic mass is 16.8. The monoisotopic (exact) mass is 551 g/mol. The van der Waals surface area contributed by atoms with E-state index in [1.807, 2.05) is 0 Å². The van der Waals surface area contributed by atoms with Gasteiger partial charge in [-0.15, -0.1) is 0 Å². The number of aliphatic hydroxyl groups is 6. The second-order valence-electron chi connectivity index (χ2n) is 9.47. The van der Waals surface area contributed by atoms with Crippen molar-refractivity contribution < 1.29 is 59.1 Å². The Labute approximate surface area is 223 Å². The van der Waals surface area contributed by atoms with E-state index in [9.17, 15) is 30.3 Å². The number of esters is 1. The van der Waals surface area contributed by atoms with Crippen LogP contribution < -0.4 is 10.5 Å². The maximum absolute atomic E-state index is 12.3. The van der Waals surface area contributed by atoms with Crippen molar-refractivity contribution in [3.8, 4) is 5.75 Å². The number of hydrogen-bond acceptors (Lipinski definition) is 13. The Morgan fingerprint density at radius 3 is 2.33 bits per heavy atom. The zero-order valence-corrected chi connectivity index (χ0v) is 20.9. The minimum Gasteiger partial charge on any atom is -0.462 e. The molecular weight excluding hydrogens is 518 g/mol. The summed E-state index contributed by atoms with van der Waals surface area (Å²) in [5.41, 5.74) is 5.06. The number of nitrogen functional groups attached to an aromatic ring is 1. The number of ether oxygens (including phenoxy) is 5. The topological polar surface area (TPSA) is 211 Å². The summed E-state index contributed by atoms with van der Waals surface area (Å²) in [6.45, 7) is -1.75. The Morgan fingerprint density at radius 1 is 1.00 bits per heavy atom. The minimum atomic E-state index is -2.04. The van der Waals surface area contributed by atoms with Crippen molar-refractivity contribution in [3.63, 3.8) is 0 Å². The van der Waals surface area contributed by atoms with Gasteiger partial charge < -0.3 is 60.1 Å². The van der Waals surface area contributed by atoms with Crippen molar-refractivity contribution in [2.45, 2.75) is 55.1 Å². The molecule has 13 nitrogen and oxygen atoms in total. The fourth-order valence-corrected chi connectivity index (χ4v) is 4.24. The van der Waals surface area contributed by atoms with E-state index in [0.29, 0.717) is 17.9 Å². The van der Waals surface area contributed by atoms with E-state index in [2.05, 4.69) is 0 Å². The highest BCUT2D eigenvalue weighted by Gasteiger charge is 2.54. The number of anilines is 1. The third kappa shape index (κ3) is 6.66. The number of rotatable bonds is 10. The van der Waals surface area contributed by atoms with Crippen LogP contribution in [0.4, 0.5) is 5.69 Å². The summed E-state index contributed by atoms with van der Waals surface area (Å²) in [7, 11) is 0. The van der Waals surface area contributed by atoms with Gasteiger partial charge in [-0.05, 0) is 48.4 Å². The summed E-state index contributed by atoms with van der Waals surface area (Å²) in [6, 6.07) is 12.6. The summed E-state index contributed by atoms with van der Waals surface area (Å²) in [6.07, 6.45) is -10.0. The van der Waals surface area contributed by atoms with Crippen LogP contribution in [0.3, 0.4) is 0 Å². The van der Waals surface area contributed by atoms with E-state index in [0.717, 1.165) is 5.56 Å². The average molecular weight is 552 g/mol. The number of carbonyl (C=O) groups excluding carboxylic acids is 1. The molecule has 2 aromatic rings. The molecule has 0 amide bonds.